The number of hydrogen-bond acceptors (Lipinski definition) is 4. The van der Waals surface area contributed by atoms with Crippen LogP contribution >= 0.6 is 23.2 Å². The van der Waals surface area contributed by atoms with Crippen LogP contribution in [0.5, 0.6) is 0 Å². The smallest absolute Gasteiger partial charge is 0.264 e. The minimum Gasteiger partial charge on any atom is -0.352 e. The average molecular weight is 619 g/mol. The number of rotatable bonds is 12. The van der Waals surface area contributed by atoms with E-state index in [0.717, 1.165) is 21.9 Å². The van der Waals surface area contributed by atoms with E-state index in [1.54, 1.807) is 61.5 Å². The number of halogens is 2. The average Bonchev–Trinajstić information content (AvgIpc) is 2.94. The van der Waals surface area contributed by atoms with E-state index in [1.807, 2.05) is 27.7 Å². The number of hydrogen-bond donors (Lipinski definition) is 1. The van der Waals surface area contributed by atoms with Gasteiger partial charge in [-0.15, -0.1) is 0 Å². The third-order valence-corrected chi connectivity index (χ3v) is 9.48. The second kappa shape index (κ2) is 14.2. The van der Waals surface area contributed by atoms with Crippen molar-refractivity contribution in [2.24, 2.45) is 0 Å². The number of amides is 2. The largest absolute Gasteiger partial charge is 0.352 e. The number of sulfonamides is 1. The zero-order chi connectivity index (χ0) is 30.3. The molecule has 2 atom stereocenters. The van der Waals surface area contributed by atoms with E-state index in [9.17, 15) is 18.0 Å². The maximum atomic E-state index is 14.2. The highest BCUT2D eigenvalue weighted by atomic mass is 35.5. The predicted molar refractivity (Wildman–Crippen MR) is 166 cm³/mol. The van der Waals surface area contributed by atoms with Crippen LogP contribution in [0.3, 0.4) is 0 Å². The Morgan fingerprint density at radius 3 is 2.12 bits per heavy atom. The minimum absolute atomic E-state index is 0.0427. The SMILES string of the molecule is CC[C@@H](C)NC(=O)[C@@H](CC)N(Cc1ccc(Cl)cc1)C(=O)CN(c1cccc(Cl)c1C)S(=O)(=O)c1ccc(C)cc1. The summed E-state index contributed by atoms with van der Waals surface area (Å²) in [5.74, 6) is -0.822. The molecular formula is C31H37Cl2N3O4S. The maximum absolute atomic E-state index is 14.2. The summed E-state index contributed by atoms with van der Waals surface area (Å²) in [5, 5.41) is 3.88. The van der Waals surface area contributed by atoms with Gasteiger partial charge < -0.3 is 10.2 Å². The van der Waals surface area contributed by atoms with Gasteiger partial charge in [0.25, 0.3) is 10.0 Å². The highest BCUT2D eigenvalue weighted by molar-refractivity contribution is 7.92. The van der Waals surface area contributed by atoms with Gasteiger partial charge in [0.05, 0.1) is 10.6 Å². The molecule has 7 nitrogen and oxygen atoms in total. The van der Waals surface area contributed by atoms with E-state index in [4.69, 9.17) is 23.2 Å². The molecule has 0 aliphatic carbocycles. The maximum Gasteiger partial charge on any atom is 0.264 e. The van der Waals surface area contributed by atoms with E-state index >= 15 is 0 Å². The molecule has 3 aromatic carbocycles. The van der Waals surface area contributed by atoms with Gasteiger partial charge in [-0.2, -0.15) is 0 Å². The summed E-state index contributed by atoms with van der Waals surface area (Å²) in [7, 11) is -4.18. The first-order chi connectivity index (χ1) is 19.4. The molecule has 0 spiro atoms. The third-order valence-electron chi connectivity index (χ3n) is 7.05. The lowest BCUT2D eigenvalue weighted by molar-refractivity contribution is -0.140. The zero-order valence-corrected chi connectivity index (χ0v) is 26.4. The van der Waals surface area contributed by atoms with Gasteiger partial charge in [0.2, 0.25) is 11.8 Å². The van der Waals surface area contributed by atoms with Crippen LogP contribution in [0.2, 0.25) is 10.0 Å². The number of benzene rings is 3. The van der Waals surface area contributed by atoms with E-state index in [-0.39, 0.29) is 29.1 Å². The number of carbonyl (C=O) groups is 2. The highest BCUT2D eigenvalue weighted by Crippen LogP contribution is 2.31. The summed E-state index contributed by atoms with van der Waals surface area (Å²) >= 11 is 12.5. The lowest BCUT2D eigenvalue weighted by Crippen LogP contribution is -2.53. The molecule has 0 heterocycles. The molecule has 2 amide bonds. The first-order valence-electron chi connectivity index (χ1n) is 13.6. The second-order valence-corrected chi connectivity index (χ2v) is 12.8. The first kappa shape index (κ1) is 32.4. The van der Waals surface area contributed by atoms with Crippen molar-refractivity contribution >= 4 is 50.7 Å². The van der Waals surface area contributed by atoms with Crippen LogP contribution in [-0.2, 0) is 26.2 Å². The standard InChI is InChI=1S/C31H37Cl2N3O4S/c1-6-22(4)34-31(38)28(7-2)35(19-24-13-15-25(32)16-14-24)30(37)20-36(29-10-8-9-27(33)23(29)5)41(39,40)26-17-11-21(3)12-18-26/h8-18,22,28H,6-7,19-20H2,1-5H3,(H,34,38)/t22-,28-/m1/s1. The Bertz CT molecular complexity index is 1460. The molecule has 3 rings (SSSR count). The van der Waals surface area contributed by atoms with Gasteiger partial charge >= 0.3 is 0 Å². The zero-order valence-electron chi connectivity index (χ0n) is 24.0. The molecule has 3 aromatic rings. The molecule has 0 unspecified atom stereocenters. The Balaban J connectivity index is 2.10. The molecule has 220 valence electrons. The van der Waals surface area contributed by atoms with Gasteiger partial charge in [0.1, 0.15) is 12.6 Å². The second-order valence-electron chi connectivity index (χ2n) is 10.1. The lowest BCUT2D eigenvalue weighted by Gasteiger charge is -2.34. The van der Waals surface area contributed by atoms with Crippen molar-refractivity contribution in [2.45, 2.75) is 71.0 Å². The van der Waals surface area contributed by atoms with Gasteiger partial charge in [0.15, 0.2) is 0 Å². The van der Waals surface area contributed by atoms with Crippen LogP contribution in [0.1, 0.15) is 50.3 Å². The van der Waals surface area contributed by atoms with Crippen molar-refractivity contribution < 1.29 is 18.0 Å². The highest BCUT2D eigenvalue weighted by Gasteiger charge is 2.34. The molecule has 0 bridgehead atoms. The van der Waals surface area contributed by atoms with Crippen molar-refractivity contribution in [3.8, 4) is 0 Å². The quantitative estimate of drug-likeness (QED) is 0.250. The molecule has 0 aliphatic rings. The molecule has 0 aliphatic heterocycles. The molecule has 0 radical (unpaired) electrons. The Hall–Kier alpha value is -3.07. The van der Waals surface area contributed by atoms with Crippen LogP contribution in [0.25, 0.3) is 0 Å². The number of aryl methyl sites for hydroxylation is 1. The van der Waals surface area contributed by atoms with Gasteiger partial charge in [0, 0.05) is 22.6 Å². The fourth-order valence-corrected chi connectivity index (χ4v) is 6.13. The number of nitrogens with zero attached hydrogens (tertiary/aromatic N) is 2. The van der Waals surface area contributed by atoms with E-state index < -0.39 is 28.5 Å². The van der Waals surface area contributed by atoms with Gasteiger partial charge in [-0.3, -0.25) is 13.9 Å². The van der Waals surface area contributed by atoms with Crippen molar-refractivity contribution in [3.05, 3.63) is 93.5 Å². The van der Waals surface area contributed by atoms with Crippen molar-refractivity contribution in [1.82, 2.24) is 10.2 Å². The summed E-state index contributed by atoms with van der Waals surface area (Å²) in [6.45, 7) is 8.82. The third kappa shape index (κ3) is 8.03. The molecule has 0 saturated carbocycles. The van der Waals surface area contributed by atoms with Gasteiger partial charge in [-0.1, -0.05) is 72.9 Å². The van der Waals surface area contributed by atoms with Gasteiger partial charge in [-0.05, 0) is 81.1 Å². The lowest BCUT2D eigenvalue weighted by atomic mass is 10.1. The van der Waals surface area contributed by atoms with Crippen LogP contribution in [0, 0.1) is 13.8 Å². The van der Waals surface area contributed by atoms with Gasteiger partial charge in [-0.25, -0.2) is 8.42 Å². The Morgan fingerprint density at radius 2 is 1.54 bits per heavy atom. The fourth-order valence-electron chi connectivity index (χ4n) is 4.36. The number of carbonyl (C=O) groups excluding carboxylic acids is 2. The molecular weight excluding hydrogens is 581 g/mol. The van der Waals surface area contributed by atoms with Crippen LogP contribution < -0.4 is 9.62 Å². The van der Waals surface area contributed by atoms with Crippen LogP contribution in [0.15, 0.2) is 71.6 Å². The monoisotopic (exact) mass is 617 g/mol. The molecule has 41 heavy (non-hydrogen) atoms. The number of nitrogens with one attached hydrogen (secondary N) is 1. The molecule has 0 aromatic heterocycles. The summed E-state index contributed by atoms with van der Waals surface area (Å²) < 4.78 is 29.2. The molecule has 10 heteroatoms. The minimum atomic E-state index is -4.18. The van der Waals surface area contributed by atoms with Crippen molar-refractivity contribution in [3.63, 3.8) is 0 Å². The van der Waals surface area contributed by atoms with Crippen LogP contribution in [-0.4, -0.2) is 43.8 Å². The molecule has 0 fully saturated rings. The Kier molecular flexibility index (Phi) is 11.2. The fraction of sp³-hybridized carbons (Fsp3) is 0.355. The van der Waals surface area contributed by atoms with E-state index in [1.165, 1.54) is 17.0 Å². The van der Waals surface area contributed by atoms with E-state index in [0.29, 0.717) is 22.0 Å². The molecule has 1 N–H and O–H groups in total. The Labute approximate surface area is 253 Å². The summed E-state index contributed by atoms with van der Waals surface area (Å²) in [4.78, 5) is 29.0. The van der Waals surface area contributed by atoms with Crippen molar-refractivity contribution in [1.29, 1.82) is 0 Å². The summed E-state index contributed by atoms with van der Waals surface area (Å²) in [5.41, 5.74) is 2.46. The summed E-state index contributed by atoms with van der Waals surface area (Å²) in [6.07, 6.45) is 1.06. The first-order valence-corrected chi connectivity index (χ1v) is 15.8. The summed E-state index contributed by atoms with van der Waals surface area (Å²) in [6, 6.07) is 17.5. The predicted octanol–water partition coefficient (Wildman–Crippen LogP) is 6.53. The normalized spacial score (nSPS) is 12.9. The Morgan fingerprint density at radius 1 is 0.902 bits per heavy atom. The van der Waals surface area contributed by atoms with E-state index in [2.05, 4.69) is 5.32 Å². The topological polar surface area (TPSA) is 86.8 Å². The number of anilines is 1. The van der Waals surface area contributed by atoms with Crippen LogP contribution in [0.4, 0.5) is 5.69 Å². The molecule has 0 saturated heterocycles. The van der Waals surface area contributed by atoms with Crippen molar-refractivity contribution in [2.75, 3.05) is 10.8 Å².